The lowest BCUT2D eigenvalue weighted by Gasteiger charge is -2.43. The van der Waals surface area contributed by atoms with Crippen LogP contribution in [0.1, 0.15) is 12.8 Å². The zero-order valence-electron chi connectivity index (χ0n) is 11.9. The van der Waals surface area contributed by atoms with Gasteiger partial charge >= 0.3 is 6.00 Å². The summed E-state index contributed by atoms with van der Waals surface area (Å²) in [6.45, 7) is 15.7. The Balaban J connectivity index is 4.22. The number of hydrogen-bond donors (Lipinski definition) is 0. The average molecular weight is 351 g/mol. The van der Waals surface area contributed by atoms with Crippen LogP contribution in [0.2, 0.25) is 45.3 Å². The smallest absolute Gasteiger partial charge is 0.341 e. The predicted molar refractivity (Wildman–Crippen MR) is 90.8 cm³/mol. The number of nitrogens with zero attached hydrogens (tertiary/aromatic N) is 1. The molecule has 0 aliphatic rings. The fourth-order valence-electron chi connectivity index (χ4n) is 2.27. The predicted octanol–water partition coefficient (Wildman–Crippen LogP) is 5.39. The van der Waals surface area contributed by atoms with Crippen LogP contribution in [0.15, 0.2) is 0 Å². The van der Waals surface area contributed by atoms with Crippen LogP contribution >= 0.6 is 33.2 Å². The number of unbranched alkanes of at least 4 members (excludes halogenated alkanes) is 1. The second-order valence-corrected chi connectivity index (χ2v) is 26.1. The molecule has 0 saturated carbocycles. The summed E-state index contributed by atoms with van der Waals surface area (Å²) < 4.78 is 2.79. The molecule has 7 heteroatoms. The molecule has 0 rings (SSSR count). The van der Waals surface area contributed by atoms with Gasteiger partial charge in [0.25, 0.3) is 0 Å². The lowest BCUT2D eigenvalue weighted by atomic mass is 10.3. The molecule has 0 radical (unpaired) electrons. The number of hydrogen-bond acceptors (Lipinski definition) is 1. The van der Waals surface area contributed by atoms with Crippen molar-refractivity contribution in [2.24, 2.45) is 0 Å². The summed E-state index contributed by atoms with van der Waals surface area (Å²) in [6, 6.07) is -1.61. The summed E-state index contributed by atoms with van der Waals surface area (Å²) in [6.07, 6.45) is 2.21. The Morgan fingerprint density at radius 2 is 1.18 bits per heavy atom. The molecule has 0 aromatic heterocycles. The third kappa shape index (κ3) is 9.08. The lowest BCUT2D eigenvalue weighted by Crippen LogP contribution is -2.59. The zero-order valence-corrected chi connectivity index (χ0v) is 17.2. The molecular weight excluding hydrogens is 325 g/mol. The fraction of sp³-hybridized carbons (Fsp3) is 1.00. The van der Waals surface area contributed by atoms with Gasteiger partial charge in [0.1, 0.15) is 16.5 Å². The van der Waals surface area contributed by atoms with Gasteiger partial charge in [-0.05, 0) is 19.0 Å². The molecule has 0 aliphatic carbocycles. The van der Waals surface area contributed by atoms with Gasteiger partial charge in [-0.1, -0.05) is 45.7 Å². The van der Waals surface area contributed by atoms with Crippen LogP contribution in [0.4, 0.5) is 0 Å². The Hall–Kier alpha value is 1.48. The second kappa shape index (κ2) is 6.77. The maximum atomic E-state index is 5.90. The third-order valence-corrected chi connectivity index (χ3v) is 13.0. The molecule has 0 amide bonds. The molecule has 104 valence electrons. The summed E-state index contributed by atoms with van der Waals surface area (Å²) in [7, 11) is -2.42. The molecule has 1 nitrogen and oxygen atoms in total. The van der Waals surface area contributed by atoms with Crippen molar-refractivity contribution in [1.29, 1.82) is 0 Å². The maximum absolute atomic E-state index is 5.90. The van der Waals surface area contributed by atoms with Gasteiger partial charge in [-0.2, -0.15) is 0 Å². The minimum absolute atomic E-state index is 0.795. The minimum atomic E-state index is -2.40. The first-order valence-corrected chi connectivity index (χ1v) is 18.3. The molecule has 0 aromatic carbocycles. The molecule has 0 spiro atoms. The molecule has 0 unspecified atom stereocenters. The van der Waals surface area contributed by atoms with E-state index in [1.807, 2.05) is 0 Å². The highest BCUT2D eigenvalue weighted by Gasteiger charge is 2.33. The summed E-state index contributed by atoms with van der Waals surface area (Å²) in [5.41, 5.74) is 0. The molecule has 0 bridgehead atoms. The van der Waals surface area contributed by atoms with Crippen LogP contribution in [0.25, 0.3) is 0 Å². The molecule has 0 aliphatic heterocycles. The molecule has 0 saturated heterocycles. The summed E-state index contributed by atoms with van der Waals surface area (Å²) in [4.78, 5) is 0. The highest BCUT2D eigenvalue weighted by atomic mass is 35.8. The maximum Gasteiger partial charge on any atom is 0.341 e. The van der Waals surface area contributed by atoms with Gasteiger partial charge in [0.05, 0.1) is 0 Å². The zero-order chi connectivity index (χ0) is 13.9. The Labute approximate surface area is 124 Å². The van der Waals surface area contributed by atoms with Crippen molar-refractivity contribution >= 4 is 55.7 Å². The van der Waals surface area contributed by atoms with Crippen LogP contribution in [0.3, 0.4) is 0 Å². The van der Waals surface area contributed by atoms with E-state index in [9.17, 15) is 0 Å². The molecular formula is C10H26Cl3NSi3. The molecule has 0 N–H and O–H groups in total. The van der Waals surface area contributed by atoms with Crippen LogP contribution < -0.4 is 0 Å². The first-order valence-electron chi connectivity index (χ1n) is 6.18. The third-order valence-electron chi connectivity index (χ3n) is 2.71. The first-order chi connectivity index (χ1) is 7.34. The Kier molecular flexibility index (Phi) is 7.36. The van der Waals surface area contributed by atoms with Crippen molar-refractivity contribution in [3.05, 3.63) is 0 Å². The molecule has 17 heavy (non-hydrogen) atoms. The van der Waals surface area contributed by atoms with Crippen molar-refractivity contribution in [2.45, 2.75) is 58.2 Å². The Morgan fingerprint density at radius 1 is 0.765 bits per heavy atom. The van der Waals surface area contributed by atoms with Crippen LogP contribution in [0, 0.1) is 0 Å². The van der Waals surface area contributed by atoms with E-state index in [4.69, 9.17) is 33.2 Å². The molecule has 0 heterocycles. The van der Waals surface area contributed by atoms with E-state index >= 15 is 0 Å². The SMILES string of the molecule is C[Si](C)(C)N(CCCC[Si](Cl)(Cl)Cl)[Si](C)(C)C. The van der Waals surface area contributed by atoms with E-state index in [1.165, 1.54) is 6.54 Å². The minimum Gasteiger partial charge on any atom is -0.346 e. The highest BCUT2D eigenvalue weighted by molar-refractivity contribution is 7.64. The number of halogens is 3. The van der Waals surface area contributed by atoms with Gasteiger partial charge in [-0.3, -0.25) is 0 Å². The summed E-state index contributed by atoms with van der Waals surface area (Å²) in [5.74, 6) is 0. The van der Waals surface area contributed by atoms with E-state index in [1.54, 1.807) is 0 Å². The number of rotatable bonds is 7. The van der Waals surface area contributed by atoms with E-state index in [0.717, 1.165) is 18.9 Å². The standard InChI is InChI=1S/C10H26Cl3NSi3/c1-15(2,3)14(16(4,5)6)9-7-8-10-17(11,12)13/h7-10H2,1-6H3. The Bertz CT molecular complexity index is 216. The van der Waals surface area contributed by atoms with Gasteiger partial charge in [-0.15, -0.1) is 33.2 Å². The normalized spacial score (nSPS) is 14.5. The van der Waals surface area contributed by atoms with Crippen LogP contribution in [-0.4, -0.2) is 33.2 Å². The van der Waals surface area contributed by atoms with Gasteiger partial charge in [-0.25, -0.2) is 0 Å². The van der Waals surface area contributed by atoms with E-state index in [2.05, 4.69) is 43.5 Å². The van der Waals surface area contributed by atoms with Crippen molar-refractivity contribution < 1.29 is 0 Å². The van der Waals surface area contributed by atoms with Crippen molar-refractivity contribution in [3.8, 4) is 0 Å². The lowest BCUT2D eigenvalue weighted by molar-refractivity contribution is 0.574. The van der Waals surface area contributed by atoms with Crippen molar-refractivity contribution in [3.63, 3.8) is 0 Å². The second-order valence-electron chi connectivity index (χ2n) is 6.57. The largest absolute Gasteiger partial charge is 0.346 e. The summed E-state index contributed by atoms with van der Waals surface area (Å²) >= 11 is 17.7. The monoisotopic (exact) mass is 349 g/mol. The van der Waals surface area contributed by atoms with Crippen molar-refractivity contribution in [1.82, 2.24) is 4.23 Å². The quantitative estimate of drug-likeness (QED) is 0.338. The first kappa shape index (κ1) is 18.5. The van der Waals surface area contributed by atoms with Gasteiger partial charge in [0.2, 0.25) is 0 Å². The van der Waals surface area contributed by atoms with Crippen molar-refractivity contribution in [2.75, 3.05) is 6.54 Å². The molecule has 0 aromatic rings. The van der Waals surface area contributed by atoms with E-state index in [0.29, 0.717) is 0 Å². The molecule has 0 fully saturated rings. The van der Waals surface area contributed by atoms with Gasteiger partial charge in [0.15, 0.2) is 0 Å². The highest BCUT2D eigenvalue weighted by Crippen LogP contribution is 2.28. The average Bonchev–Trinajstić information content (AvgIpc) is 1.95. The van der Waals surface area contributed by atoms with Gasteiger partial charge in [0, 0.05) is 0 Å². The fourth-order valence-corrected chi connectivity index (χ4v) is 13.8. The van der Waals surface area contributed by atoms with E-state index in [-0.39, 0.29) is 0 Å². The molecule has 0 atom stereocenters. The summed E-state index contributed by atoms with van der Waals surface area (Å²) in [5, 5.41) is 0. The van der Waals surface area contributed by atoms with Crippen LogP contribution in [0.5, 0.6) is 0 Å². The van der Waals surface area contributed by atoms with Crippen LogP contribution in [-0.2, 0) is 0 Å². The topological polar surface area (TPSA) is 3.24 Å². The van der Waals surface area contributed by atoms with Gasteiger partial charge < -0.3 is 4.23 Å². The van der Waals surface area contributed by atoms with E-state index < -0.39 is 22.5 Å². The Morgan fingerprint density at radius 3 is 1.47 bits per heavy atom.